The lowest BCUT2D eigenvalue weighted by Gasteiger charge is -2.26. The fourth-order valence-corrected chi connectivity index (χ4v) is 2.38. The molecule has 13 heavy (non-hydrogen) atoms. The maximum absolute atomic E-state index is 9.78. The molecule has 1 aromatic carbocycles. The third kappa shape index (κ3) is 1.65. The summed E-state index contributed by atoms with van der Waals surface area (Å²) in [6.07, 6.45) is 1.73. The predicted octanol–water partition coefficient (Wildman–Crippen LogP) is 3.38. The van der Waals surface area contributed by atoms with Crippen molar-refractivity contribution in [2.45, 2.75) is 31.8 Å². The van der Waals surface area contributed by atoms with Crippen LogP contribution in [-0.4, -0.2) is 5.11 Å². The van der Waals surface area contributed by atoms with Crippen LogP contribution in [0.25, 0.3) is 0 Å². The van der Waals surface area contributed by atoms with Crippen molar-refractivity contribution in [1.82, 2.24) is 0 Å². The van der Waals surface area contributed by atoms with Gasteiger partial charge in [0.15, 0.2) is 0 Å². The molecule has 0 heterocycles. The minimum Gasteiger partial charge on any atom is -0.388 e. The third-order valence-electron chi connectivity index (χ3n) is 2.81. The van der Waals surface area contributed by atoms with Gasteiger partial charge in [-0.2, -0.15) is 0 Å². The summed E-state index contributed by atoms with van der Waals surface area (Å²) < 4.78 is 1.06. The Kier molecular flexibility index (Phi) is 2.43. The average Bonchev–Trinajstić information content (AvgIpc) is 2.12. The normalized spacial score (nSPS) is 27.0. The molecule has 1 aliphatic carbocycles. The summed E-state index contributed by atoms with van der Waals surface area (Å²) in [5.41, 5.74) is 2.41. The summed E-state index contributed by atoms with van der Waals surface area (Å²) in [5, 5.41) is 9.78. The van der Waals surface area contributed by atoms with Crippen molar-refractivity contribution >= 4 is 15.9 Å². The highest BCUT2D eigenvalue weighted by molar-refractivity contribution is 9.10. The van der Waals surface area contributed by atoms with Gasteiger partial charge in [0.25, 0.3) is 0 Å². The van der Waals surface area contributed by atoms with E-state index in [0.717, 1.165) is 22.9 Å². The van der Waals surface area contributed by atoms with Crippen LogP contribution in [0.5, 0.6) is 0 Å². The molecule has 2 atom stereocenters. The Morgan fingerprint density at radius 1 is 1.31 bits per heavy atom. The Balaban J connectivity index is 2.50. The standard InChI is InChI=1S/C11H13BrO/c1-7-2-5-11(13)10-6-8(12)3-4-9(7)10/h3-4,6-7,11,13H,2,5H2,1H3/t7?,11-/m1/s1. The van der Waals surface area contributed by atoms with E-state index in [1.165, 1.54) is 5.56 Å². The van der Waals surface area contributed by atoms with Gasteiger partial charge in [-0.1, -0.05) is 28.9 Å². The summed E-state index contributed by atoms with van der Waals surface area (Å²) in [6.45, 7) is 2.22. The molecule has 0 amide bonds. The Hall–Kier alpha value is -0.340. The van der Waals surface area contributed by atoms with E-state index in [1.807, 2.05) is 12.1 Å². The number of halogens is 1. The topological polar surface area (TPSA) is 20.2 Å². The maximum Gasteiger partial charge on any atom is 0.0793 e. The second kappa shape index (κ2) is 3.43. The highest BCUT2D eigenvalue weighted by Gasteiger charge is 2.22. The summed E-state index contributed by atoms with van der Waals surface area (Å²) in [5.74, 6) is 0.589. The number of hydrogen-bond acceptors (Lipinski definition) is 1. The Bertz CT molecular complexity index is 322. The van der Waals surface area contributed by atoms with E-state index in [-0.39, 0.29) is 6.10 Å². The first-order valence-electron chi connectivity index (χ1n) is 4.66. The van der Waals surface area contributed by atoms with Gasteiger partial charge in [-0.25, -0.2) is 0 Å². The predicted molar refractivity (Wildman–Crippen MR) is 56.8 cm³/mol. The van der Waals surface area contributed by atoms with Crippen LogP contribution in [0.3, 0.4) is 0 Å². The fourth-order valence-electron chi connectivity index (χ4n) is 2.00. The van der Waals surface area contributed by atoms with Crippen LogP contribution in [0.1, 0.15) is 42.9 Å². The molecule has 1 aromatic rings. The van der Waals surface area contributed by atoms with Crippen LogP contribution in [0, 0.1) is 0 Å². The molecule has 70 valence electrons. The van der Waals surface area contributed by atoms with Crippen molar-refractivity contribution < 1.29 is 5.11 Å². The van der Waals surface area contributed by atoms with E-state index in [0.29, 0.717) is 5.92 Å². The van der Waals surface area contributed by atoms with Crippen molar-refractivity contribution in [3.63, 3.8) is 0 Å². The highest BCUT2D eigenvalue weighted by atomic mass is 79.9. The number of hydrogen-bond donors (Lipinski definition) is 1. The van der Waals surface area contributed by atoms with Crippen LogP contribution in [0.4, 0.5) is 0 Å². The molecule has 0 fully saturated rings. The Morgan fingerprint density at radius 3 is 2.85 bits per heavy atom. The largest absolute Gasteiger partial charge is 0.388 e. The average molecular weight is 241 g/mol. The molecular formula is C11H13BrO. The molecule has 0 bridgehead atoms. The summed E-state index contributed by atoms with van der Waals surface area (Å²) in [7, 11) is 0. The Morgan fingerprint density at radius 2 is 2.08 bits per heavy atom. The van der Waals surface area contributed by atoms with Crippen molar-refractivity contribution in [2.24, 2.45) is 0 Å². The lowest BCUT2D eigenvalue weighted by atomic mass is 9.82. The molecule has 1 N–H and O–H groups in total. The van der Waals surface area contributed by atoms with Gasteiger partial charge in [0, 0.05) is 4.47 Å². The Labute approximate surface area is 86.9 Å². The van der Waals surface area contributed by atoms with E-state index < -0.39 is 0 Å². The molecule has 0 saturated heterocycles. The third-order valence-corrected chi connectivity index (χ3v) is 3.31. The molecular weight excluding hydrogens is 228 g/mol. The van der Waals surface area contributed by atoms with Gasteiger partial charge >= 0.3 is 0 Å². The minimum atomic E-state index is -0.260. The van der Waals surface area contributed by atoms with E-state index in [9.17, 15) is 5.11 Å². The minimum absolute atomic E-state index is 0.260. The van der Waals surface area contributed by atoms with Crippen LogP contribution in [-0.2, 0) is 0 Å². The molecule has 0 aromatic heterocycles. The van der Waals surface area contributed by atoms with Gasteiger partial charge in [0.2, 0.25) is 0 Å². The quantitative estimate of drug-likeness (QED) is 0.738. The molecule has 2 heteroatoms. The van der Waals surface area contributed by atoms with E-state index in [2.05, 4.69) is 28.9 Å². The van der Waals surface area contributed by atoms with Gasteiger partial charge in [-0.3, -0.25) is 0 Å². The molecule has 1 nitrogen and oxygen atoms in total. The van der Waals surface area contributed by atoms with E-state index in [1.54, 1.807) is 0 Å². The second-order valence-corrected chi connectivity index (χ2v) is 4.68. The van der Waals surface area contributed by atoms with E-state index in [4.69, 9.17) is 0 Å². The second-order valence-electron chi connectivity index (χ2n) is 3.77. The lowest BCUT2D eigenvalue weighted by molar-refractivity contribution is 0.151. The maximum atomic E-state index is 9.78. The molecule has 0 saturated carbocycles. The van der Waals surface area contributed by atoms with Crippen LogP contribution < -0.4 is 0 Å². The van der Waals surface area contributed by atoms with Crippen molar-refractivity contribution in [3.05, 3.63) is 33.8 Å². The van der Waals surface area contributed by atoms with Crippen LogP contribution in [0.2, 0.25) is 0 Å². The molecule has 1 aliphatic rings. The van der Waals surface area contributed by atoms with Crippen molar-refractivity contribution in [2.75, 3.05) is 0 Å². The van der Waals surface area contributed by atoms with Crippen molar-refractivity contribution in [3.8, 4) is 0 Å². The monoisotopic (exact) mass is 240 g/mol. The van der Waals surface area contributed by atoms with Gasteiger partial charge < -0.3 is 5.11 Å². The summed E-state index contributed by atoms with van der Waals surface area (Å²) >= 11 is 3.43. The van der Waals surface area contributed by atoms with Crippen LogP contribution in [0.15, 0.2) is 22.7 Å². The van der Waals surface area contributed by atoms with Gasteiger partial charge in [0.05, 0.1) is 6.10 Å². The SMILES string of the molecule is CC1CC[C@@H](O)c2cc(Br)ccc21. The molecule has 0 spiro atoms. The summed E-state index contributed by atoms with van der Waals surface area (Å²) in [4.78, 5) is 0. The molecule has 0 aliphatic heterocycles. The van der Waals surface area contributed by atoms with Gasteiger partial charge in [-0.05, 0) is 42.0 Å². The zero-order chi connectivity index (χ0) is 9.42. The molecule has 1 unspecified atom stereocenters. The first-order chi connectivity index (χ1) is 6.18. The van der Waals surface area contributed by atoms with E-state index >= 15 is 0 Å². The first-order valence-corrected chi connectivity index (χ1v) is 5.45. The highest BCUT2D eigenvalue weighted by Crippen LogP contribution is 2.38. The zero-order valence-electron chi connectivity index (χ0n) is 7.63. The lowest BCUT2D eigenvalue weighted by Crippen LogP contribution is -2.12. The number of aliphatic hydroxyl groups is 1. The number of fused-ring (bicyclic) bond motifs is 1. The first kappa shape index (κ1) is 9.22. The number of benzene rings is 1. The van der Waals surface area contributed by atoms with Gasteiger partial charge in [-0.15, -0.1) is 0 Å². The van der Waals surface area contributed by atoms with Gasteiger partial charge in [0.1, 0.15) is 0 Å². The number of rotatable bonds is 0. The van der Waals surface area contributed by atoms with Crippen molar-refractivity contribution in [1.29, 1.82) is 0 Å². The molecule has 2 rings (SSSR count). The summed E-state index contributed by atoms with van der Waals surface area (Å²) in [6, 6.07) is 6.20. The zero-order valence-corrected chi connectivity index (χ0v) is 9.21. The molecule has 0 radical (unpaired) electrons. The number of aliphatic hydroxyl groups excluding tert-OH is 1. The van der Waals surface area contributed by atoms with Crippen LogP contribution >= 0.6 is 15.9 Å². The smallest absolute Gasteiger partial charge is 0.0793 e. The fraction of sp³-hybridized carbons (Fsp3) is 0.455.